The summed E-state index contributed by atoms with van der Waals surface area (Å²) in [5, 5.41) is 21.5. The molecule has 0 heterocycles. The van der Waals surface area contributed by atoms with E-state index in [0.29, 0.717) is 0 Å². The van der Waals surface area contributed by atoms with Gasteiger partial charge in [0.1, 0.15) is 5.60 Å². The van der Waals surface area contributed by atoms with Gasteiger partial charge in [-0.2, -0.15) is 0 Å². The van der Waals surface area contributed by atoms with E-state index in [1.54, 1.807) is 20.8 Å². The molecule has 0 aliphatic carbocycles. The minimum Gasteiger partial charge on any atom is -0.548 e. The molecule has 2 atom stereocenters. The van der Waals surface area contributed by atoms with Gasteiger partial charge in [0, 0.05) is 0 Å². The van der Waals surface area contributed by atoms with Crippen LogP contribution in [0.2, 0.25) is 0 Å². The Balaban J connectivity index is 0. The molecule has 0 unspecified atom stereocenters. The second-order valence-corrected chi connectivity index (χ2v) is 4.18. The number of carbonyl (C=O) groups is 2. The van der Waals surface area contributed by atoms with Crippen molar-refractivity contribution in [2.75, 3.05) is 0 Å². The zero-order chi connectivity index (χ0) is 12.2. The van der Waals surface area contributed by atoms with Crippen molar-refractivity contribution in [1.82, 2.24) is 5.32 Å². The van der Waals surface area contributed by atoms with E-state index in [0.717, 1.165) is 0 Å². The van der Waals surface area contributed by atoms with Crippen molar-refractivity contribution >= 4 is 12.1 Å². The van der Waals surface area contributed by atoms with Crippen LogP contribution in [-0.2, 0) is 9.53 Å². The van der Waals surface area contributed by atoms with Crippen LogP contribution in [0.4, 0.5) is 4.79 Å². The summed E-state index contributed by atoms with van der Waals surface area (Å²) in [7, 11) is 0. The van der Waals surface area contributed by atoms with E-state index >= 15 is 0 Å². The molecule has 0 spiro atoms. The Morgan fingerprint density at radius 3 is 2.06 bits per heavy atom. The van der Waals surface area contributed by atoms with Gasteiger partial charge in [-0.05, 0) is 27.7 Å². The Bertz CT molecular complexity index is 249. The summed E-state index contributed by atoms with van der Waals surface area (Å²) < 4.78 is 4.82. The number of aliphatic hydroxyl groups excluding tert-OH is 1. The monoisotopic (exact) mass is 351 g/mol. The molecule has 6 nitrogen and oxygen atoms in total. The molecule has 0 aromatic heterocycles. The number of aliphatic carboxylic acids is 1. The maximum Gasteiger partial charge on any atom is 1.00 e. The fourth-order valence-corrected chi connectivity index (χ4v) is 0.811. The fourth-order valence-electron chi connectivity index (χ4n) is 0.811. The smallest absolute Gasteiger partial charge is 0.548 e. The van der Waals surface area contributed by atoms with Crippen molar-refractivity contribution in [2.45, 2.75) is 45.4 Å². The number of carboxylic acid groups (broad SMARTS) is 1. The summed E-state index contributed by atoms with van der Waals surface area (Å²) in [6.45, 7) is 6.16. The van der Waals surface area contributed by atoms with Crippen LogP contribution < -0.4 is 79.3 Å². The Morgan fingerprint density at radius 1 is 1.38 bits per heavy atom. The third-order valence-electron chi connectivity index (χ3n) is 1.41. The first-order chi connectivity index (χ1) is 6.63. The summed E-state index contributed by atoms with van der Waals surface area (Å²) in [5.41, 5.74) is -0.723. The molecular weight excluding hydrogens is 335 g/mol. The molecule has 0 saturated carbocycles. The predicted molar refractivity (Wildman–Crippen MR) is 49.8 cm³/mol. The zero-order valence-electron chi connectivity index (χ0n) is 10.2. The second-order valence-electron chi connectivity index (χ2n) is 4.18. The minimum atomic E-state index is -1.56. The number of alkyl carbamates (subject to hydrolysis) is 1. The minimum absolute atomic E-state index is 0. The Hall–Kier alpha value is 0.752. The average Bonchev–Trinajstić information content (AvgIpc) is 1.95. The van der Waals surface area contributed by atoms with Crippen LogP contribution in [0.15, 0.2) is 0 Å². The Morgan fingerprint density at radius 2 is 1.81 bits per heavy atom. The van der Waals surface area contributed by atoms with Crippen LogP contribution in [-0.4, -0.2) is 34.9 Å². The maximum atomic E-state index is 11.1. The van der Waals surface area contributed by atoms with E-state index in [4.69, 9.17) is 9.84 Å². The van der Waals surface area contributed by atoms with Crippen LogP contribution in [0.3, 0.4) is 0 Å². The molecule has 16 heavy (non-hydrogen) atoms. The van der Waals surface area contributed by atoms with Gasteiger partial charge in [0.05, 0.1) is 18.1 Å². The van der Waals surface area contributed by atoms with E-state index in [-0.39, 0.29) is 68.9 Å². The van der Waals surface area contributed by atoms with E-state index in [2.05, 4.69) is 0 Å². The van der Waals surface area contributed by atoms with E-state index < -0.39 is 29.8 Å². The molecule has 7 heteroatoms. The molecule has 0 rings (SSSR count). The first kappa shape index (κ1) is 19.1. The number of aliphatic hydroxyl groups is 1. The van der Waals surface area contributed by atoms with Crippen LogP contribution >= 0.6 is 0 Å². The summed E-state index contributed by atoms with van der Waals surface area (Å²) in [6, 6.07) is -1.47. The van der Waals surface area contributed by atoms with Crippen molar-refractivity contribution in [1.29, 1.82) is 0 Å². The third kappa shape index (κ3) is 8.85. The van der Waals surface area contributed by atoms with E-state index in [1.807, 2.05) is 5.32 Å². The topological polar surface area (TPSA) is 98.7 Å². The number of hydrogen-bond acceptors (Lipinski definition) is 5. The maximum absolute atomic E-state index is 11.1. The largest absolute Gasteiger partial charge is 1.00 e. The van der Waals surface area contributed by atoms with Crippen molar-refractivity contribution in [3.63, 3.8) is 0 Å². The molecule has 0 aliphatic rings. The van der Waals surface area contributed by atoms with Crippen molar-refractivity contribution in [2.24, 2.45) is 0 Å². The summed E-state index contributed by atoms with van der Waals surface area (Å²) in [5.74, 6) is -1.56. The fraction of sp³-hybridized carbons (Fsp3) is 0.778. The van der Waals surface area contributed by atoms with Crippen molar-refractivity contribution < 1.29 is 93.4 Å². The number of carboxylic acids is 1. The summed E-state index contributed by atoms with van der Waals surface area (Å²) in [4.78, 5) is 21.6. The predicted octanol–water partition coefficient (Wildman–Crippen LogP) is -3.99. The van der Waals surface area contributed by atoms with E-state index in [9.17, 15) is 14.7 Å². The van der Waals surface area contributed by atoms with Crippen LogP contribution in [0, 0.1) is 0 Å². The number of carbonyl (C=O) groups excluding carboxylic acids is 2. The molecule has 1 amide bonds. The summed E-state index contributed by atoms with van der Waals surface area (Å²) >= 11 is 0. The van der Waals surface area contributed by atoms with Gasteiger partial charge in [-0.1, -0.05) is 0 Å². The van der Waals surface area contributed by atoms with Gasteiger partial charge in [0.2, 0.25) is 0 Å². The molecule has 0 aromatic rings. The first-order valence-corrected chi connectivity index (χ1v) is 4.52. The standard InChI is InChI=1S/C9H17NO5.Cs/c1-5(11)6(7(12)13)10-8(14)15-9(2,3)4;/h5-6,11H,1-4H3,(H,10,14)(H,12,13);/q;+1/p-1/t5-,6+;/m1./s1. The molecule has 88 valence electrons. The van der Waals surface area contributed by atoms with Crippen molar-refractivity contribution in [3.8, 4) is 0 Å². The van der Waals surface area contributed by atoms with E-state index in [1.165, 1.54) is 6.92 Å². The zero-order valence-corrected chi connectivity index (χ0v) is 16.5. The Kier molecular flexibility index (Phi) is 9.50. The molecule has 0 bridgehead atoms. The van der Waals surface area contributed by atoms with Gasteiger partial charge in [0.15, 0.2) is 0 Å². The Labute approximate surface area is 154 Å². The van der Waals surface area contributed by atoms with Crippen LogP contribution in [0.1, 0.15) is 27.7 Å². The number of hydrogen-bond donors (Lipinski definition) is 2. The normalized spacial score (nSPS) is 14.3. The average molecular weight is 351 g/mol. The van der Waals surface area contributed by atoms with Gasteiger partial charge in [-0.25, -0.2) is 4.79 Å². The molecule has 0 saturated heterocycles. The van der Waals surface area contributed by atoms with Crippen LogP contribution in [0.5, 0.6) is 0 Å². The molecular formula is C9H16CsNO5. The molecule has 0 aromatic carbocycles. The molecule has 0 fully saturated rings. The summed E-state index contributed by atoms with van der Waals surface area (Å²) in [6.07, 6.45) is -2.15. The van der Waals surface area contributed by atoms with Gasteiger partial charge in [-0.15, -0.1) is 0 Å². The van der Waals surface area contributed by atoms with Gasteiger partial charge in [-0.3, -0.25) is 0 Å². The van der Waals surface area contributed by atoms with Gasteiger partial charge < -0.3 is 25.1 Å². The van der Waals surface area contributed by atoms with Crippen molar-refractivity contribution in [3.05, 3.63) is 0 Å². The number of ether oxygens (including phenoxy) is 1. The third-order valence-corrected chi connectivity index (χ3v) is 1.41. The second kappa shape index (κ2) is 7.96. The molecule has 0 radical (unpaired) electrons. The molecule has 2 N–H and O–H groups in total. The quantitative estimate of drug-likeness (QED) is 0.540. The van der Waals surface area contributed by atoms with Gasteiger partial charge >= 0.3 is 75.0 Å². The van der Waals surface area contributed by atoms with Crippen LogP contribution in [0.25, 0.3) is 0 Å². The molecule has 0 aliphatic heterocycles. The SMILES string of the molecule is C[C@@H](O)[C@H](NC(=O)OC(C)(C)C)C(=O)[O-].[Cs+]. The number of amides is 1. The van der Waals surface area contributed by atoms with Gasteiger partial charge in [0.25, 0.3) is 0 Å². The number of rotatable bonds is 3. The number of nitrogens with one attached hydrogen (secondary N) is 1. The first-order valence-electron chi connectivity index (χ1n) is 4.52.